The maximum absolute atomic E-state index is 13.7. The number of amides is 1. The van der Waals surface area contributed by atoms with E-state index in [0.717, 1.165) is 49.5 Å². The molecule has 1 aliphatic rings. The van der Waals surface area contributed by atoms with E-state index in [1.54, 1.807) is 4.52 Å². The third-order valence-electron chi connectivity index (χ3n) is 7.48. The molecule has 0 radical (unpaired) electrons. The third kappa shape index (κ3) is 6.45. The summed E-state index contributed by atoms with van der Waals surface area (Å²) in [6, 6.07) is 19.0. The van der Waals surface area contributed by atoms with Crippen LogP contribution in [0.5, 0.6) is 5.75 Å². The maximum Gasteiger partial charge on any atom is 0.293 e. The molecule has 1 aliphatic heterocycles. The number of hydrogen-bond donors (Lipinski definition) is 0. The van der Waals surface area contributed by atoms with Crippen LogP contribution in [0.15, 0.2) is 54.6 Å². The van der Waals surface area contributed by atoms with Gasteiger partial charge in [0, 0.05) is 30.0 Å². The molecule has 3 heterocycles. The number of hydrogen-bond acceptors (Lipinski definition) is 6. The number of carbonyl (C=O) groups excluding carboxylic acids is 1. The molecule has 5 rings (SSSR count). The summed E-state index contributed by atoms with van der Waals surface area (Å²) in [4.78, 5) is 26.9. The van der Waals surface area contributed by atoms with Gasteiger partial charge >= 0.3 is 0 Å². The van der Waals surface area contributed by atoms with Crippen LogP contribution in [0.4, 0.5) is 0 Å². The topological polar surface area (TPSA) is 75.9 Å². The molecular formula is C31H38N6O2. The van der Waals surface area contributed by atoms with Crippen molar-refractivity contribution in [3.8, 4) is 5.75 Å². The zero-order chi connectivity index (χ0) is 27.4. The number of carbonyl (C=O) groups is 1. The molecule has 1 atom stereocenters. The molecule has 1 unspecified atom stereocenters. The van der Waals surface area contributed by atoms with Crippen molar-refractivity contribution in [3.05, 3.63) is 88.5 Å². The number of nitrogens with zero attached hydrogens (tertiary/aromatic N) is 6. The van der Waals surface area contributed by atoms with Crippen molar-refractivity contribution in [1.82, 2.24) is 29.4 Å². The molecule has 0 spiro atoms. The van der Waals surface area contributed by atoms with Gasteiger partial charge in [-0.15, -0.1) is 5.10 Å². The lowest BCUT2D eigenvalue weighted by Gasteiger charge is -2.27. The van der Waals surface area contributed by atoms with Gasteiger partial charge in [0.2, 0.25) is 5.82 Å². The van der Waals surface area contributed by atoms with Gasteiger partial charge in [0.05, 0.1) is 6.54 Å². The van der Waals surface area contributed by atoms with E-state index in [9.17, 15) is 4.79 Å². The van der Waals surface area contributed by atoms with Crippen molar-refractivity contribution in [2.45, 2.75) is 52.5 Å². The molecule has 2 aromatic carbocycles. The standard InChI is InChI=1S/C31H38N6O2/c1-22-12-13-28-27(19-22)21-35(4)16-14-26(25-9-6-5-7-10-25)11-8-15-36(17-18-39-28)30(38)29-33-31-32-23(2)20-24(3)37(31)34-29/h5-7,9-10,12-13,19-20,26H,8,11,14-18,21H2,1-4H3. The fraction of sp³-hybridized carbons (Fsp3) is 0.419. The van der Waals surface area contributed by atoms with E-state index >= 15 is 0 Å². The Morgan fingerprint density at radius 1 is 0.949 bits per heavy atom. The van der Waals surface area contributed by atoms with Crippen LogP contribution in [-0.4, -0.2) is 68.6 Å². The van der Waals surface area contributed by atoms with Crippen LogP contribution in [0.3, 0.4) is 0 Å². The van der Waals surface area contributed by atoms with Gasteiger partial charge in [-0.25, -0.2) is 9.50 Å². The molecule has 204 valence electrons. The third-order valence-corrected chi connectivity index (χ3v) is 7.48. The van der Waals surface area contributed by atoms with Crippen molar-refractivity contribution in [1.29, 1.82) is 0 Å². The molecule has 0 fully saturated rings. The Bertz CT molecular complexity index is 1430. The zero-order valence-electron chi connectivity index (χ0n) is 23.4. The minimum Gasteiger partial charge on any atom is -0.491 e. The number of fused-ring (bicyclic) bond motifs is 2. The van der Waals surface area contributed by atoms with Crippen molar-refractivity contribution in [2.24, 2.45) is 0 Å². The molecule has 8 heteroatoms. The van der Waals surface area contributed by atoms with Gasteiger partial charge in [-0.05, 0) is 77.2 Å². The summed E-state index contributed by atoms with van der Waals surface area (Å²) in [5.41, 5.74) is 5.49. The molecule has 2 aromatic heterocycles. The Kier molecular flexibility index (Phi) is 8.21. The van der Waals surface area contributed by atoms with Crippen LogP contribution in [0.1, 0.15) is 63.9 Å². The highest BCUT2D eigenvalue weighted by atomic mass is 16.5. The maximum atomic E-state index is 13.7. The molecular weight excluding hydrogens is 488 g/mol. The highest BCUT2D eigenvalue weighted by molar-refractivity contribution is 5.90. The SMILES string of the molecule is Cc1ccc2c(c1)CN(C)CCC(c1ccccc1)CCCN(C(=O)c1nc3nc(C)cc(C)n3n1)CCO2. The Morgan fingerprint density at radius 2 is 1.77 bits per heavy atom. The molecule has 0 saturated heterocycles. The number of aromatic nitrogens is 4. The van der Waals surface area contributed by atoms with Crippen molar-refractivity contribution < 1.29 is 9.53 Å². The second-order valence-corrected chi connectivity index (χ2v) is 10.7. The van der Waals surface area contributed by atoms with Crippen molar-refractivity contribution in [3.63, 3.8) is 0 Å². The average molecular weight is 527 g/mol. The summed E-state index contributed by atoms with van der Waals surface area (Å²) < 4.78 is 7.90. The summed E-state index contributed by atoms with van der Waals surface area (Å²) in [7, 11) is 2.18. The lowest BCUT2D eigenvalue weighted by molar-refractivity contribution is 0.0712. The van der Waals surface area contributed by atoms with Crippen LogP contribution in [0, 0.1) is 20.8 Å². The first-order chi connectivity index (χ1) is 18.9. The number of benzene rings is 2. The lowest BCUT2D eigenvalue weighted by atomic mass is 9.91. The van der Waals surface area contributed by atoms with Crippen LogP contribution in [0.25, 0.3) is 5.78 Å². The van der Waals surface area contributed by atoms with E-state index in [2.05, 4.69) is 76.4 Å². The molecule has 4 aromatic rings. The Labute approximate surface area is 230 Å². The Hall–Kier alpha value is -3.78. The second kappa shape index (κ2) is 11.9. The molecule has 0 bridgehead atoms. The Morgan fingerprint density at radius 3 is 2.59 bits per heavy atom. The summed E-state index contributed by atoms with van der Waals surface area (Å²) >= 11 is 0. The van der Waals surface area contributed by atoms with Gasteiger partial charge in [-0.2, -0.15) is 4.98 Å². The molecule has 39 heavy (non-hydrogen) atoms. The summed E-state index contributed by atoms with van der Waals surface area (Å²) in [5.74, 6) is 1.73. The average Bonchev–Trinajstić information content (AvgIpc) is 3.35. The normalized spacial score (nSPS) is 17.8. The van der Waals surface area contributed by atoms with Crippen LogP contribution in [-0.2, 0) is 6.54 Å². The quantitative estimate of drug-likeness (QED) is 0.367. The first kappa shape index (κ1) is 26.8. The summed E-state index contributed by atoms with van der Waals surface area (Å²) in [6.45, 7) is 9.24. The smallest absolute Gasteiger partial charge is 0.293 e. The first-order valence-electron chi connectivity index (χ1n) is 13.8. The second-order valence-electron chi connectivity index (χ2n) is 10.7. The molecule has 0 saturated carbocycles. The Balaban J connectivity index is 1.42. The predicted octanol–water partition coefficient (Wildman–Crippen LogP) is 4.97. The van der Waals surface area contributed by atoms with Gasteiger partial charge < -0.3 is 14.5 Å². The van der Waals surface area contributed by atoms with Gasteiger partial charge in [-0.1, -0.05) is 48.0 Å². The molecule has 8 nitrogen and oxygen atoms in total. The van der Waals surface area contributed by atoms with Crippen LogP contribution >= 0.6 is 0 Å². The van der Waals surface area contributed by atoms with E-state index in [-0.39, 0.29) is 11.7 Å². The van der Waals surface area contributed by atoms with Gasteiger partial charge in [-0.3, -0.25) is 4.79 Å². The van der Waals surface area contributed by atoms with Gasteiger partial charge in [0.15, 0.2) is 0 Å². The van der Waals surface area contributed by atoms with E-state index in [1.165, 1.54) is 16.7 Å². The summed E-state index contributed by atoms with van der Waals surface area (Å²) in [6.07, 6.45) is 2.93. The van der Waals surface area contributed by atoms with Crippen molar-refractivity contribution >= 4 is 11.7 Å². The highest BCUT2D eigenvalue weighted by Gasteiger charge is 2.23. The fourth-order valence-electron chi connectivity index (χ4n) is 5.43. The monoisotopic (exact) mass is 526 g/mol. The largest absolute Gasteiger partial charge is 0.491 e. The molecule has 0 aliphatic carbocycles. The number of aryl methyl sites for hydroxylation is 3. The molecule has 1 amide bonds. The number of ether oxygens (including phenoxy) is 1. The highest BCUT2D eigenvalue weighted by Crippen LogP contribution is 2.27. The minimum absolute atomic E-state index is 0.176. The fourth-order valence-corrected chi connectivity index (χ4v) is 5.43. The van der Waals surface area contributed by atoms with Gasteiger partial charge in [0.25, 0.3) is 11.7 Å². The van der Waals surface area contributed by atoms with Crippen LogP contribution in [0.2, 0.25) is 0 Å². The zero-order valence-corrected chi connectivity index (χ0v) is 23.4. The van der Waals surface area contributed by atoms with E-state index in [0.29, 0.717) is 31.4 Å². The first-order valence-corrected chi connectivity index (χ1v) is 13.8. The van der Waals surface area contributed by atoms with E-state index in [1.807, 2.05) is 30.9 Å². The predicted molar refractivity (Wildman–Crippen MR) is 152 cm³/mol. The van der Waals surface area contributed by atoms with Gasteiger partial charge in [0.1, 0.15) is 12.4 Å². The minimum atomic E-state index is -0.187. The van der Waals surface area contributed by atoms with E-state index < -0.39 is 0 Å². The number of rotatable bonds is 2. The molecule has 0 N–H and O–H groups in total. The lowest BCUT2D eigenvalue weighted by Crippen LogP contribution is -2.36. The van der Waals surface area contributed by atoms with Crippen LogP contribution < -0.4 is 4.74 Å². The van der Waals surface area contributed by atoms with E-state index in [4.69, 9.17) is 4.74 Å². The summed E-state index contributed by atoms with van der Waals surface area (Å²) in [5, 5.41) is 4.51. The van der Waals surface area contributed by atoms with Crippen molar-refractivity contribution in [2.75, 3.05) is 33.3 Å².